The van der Waals surface area contributed by atoms with E-state index in [4.69, 9.17) is 4.74 Å². The quantitative estimate of drug-likeness (QED) is 0.555. The average molecular weight is 443 g/mol. The highest BCUT2D eigenvalue weighted by Gasteiger charge is 2.17. The largest absolute Gasteiger partial charge is 0.449 e. The number of carbonyl (C=O) groups is 1. The van der Waals surface area contributed by atoms with E-state index >= 15 is 0 Å². The number of nitrogens with one attached hydrogen (secondary N) is 3. The lowest BCUT2D eigenvalue weighted by Crippen LogP contribution is -2.30. The van der Waals surface area contributed by atoms with E-state index in [0.717, 1.165) is 12.8 Å². The Hall–Kier alpha value is -3.32. The second-order valence-corrected chi connectivity index (χ2v) is 9.22. The van der Waals surface area contributed by atoms with Crippen LogP contribution in [-0.2, 0) is 14.4 Å². The summed E-state index contributed by atoms with van der Waals surface area (Å²) in [6.07, 6.45) is 6.40. The number of nitrogens with zero attached hydrogens (tertiary/aromatic N) is 3. The first-order chi connectivity index (χ1) is 14.9. The summed E-state index contributed by atoms with van der Waals surface area (Å²) < 4.78 is 19.7. The van der Waals surface area contributed by atoms with E-state index in [-0.39, 0.29) is 6.61 Å². The molecule has 9 nitrogen and oxygen atoms in total. The third-order valence-corrected chi connectivity index (χ3v) is 6.40. The number of benzene rings is 1. The van der Waals surface area contributed by atoms with Crippen LogP contribution in [0.15, 0.2) is 35.4 Å². The third kappa shape index (κ3) is 6.08. The number of carbonyl (C=O) groups excluding carboxylic acids is 1. The molecule has 1 unspecified atom stereocenters. The monoisotopic (exact) mass is 442 g/mol. The minimum absolute atomic E-state index is 0.173. The lowest BCUT2D eigenvalue weighted by atomic mass is 9.95. The Morgan fingerprint density at radius 2 is 2.00 bits per heavy atom. The average Bonchev–Trinajstić information content (AvgIpc) is 2.75. The molecule has 0 saturated heterocycles. The minimum atomic E-state index is -3.03. The van der Waals surface area contributed by atoms with E-state index < -0.39 is 15.8 Å². The van der Waals surface area contributed by atoms with Gasteiger partial charge in [-0.3, -0.25) is 0 Å². The molecule has 0 spiro atoms. The maximum absolute atomic E-state index is 12.6. The molecule has 1 aliphatic carbocycles. The van der Waals surface area contributed by atoms with Gasteiger partial charge in [-0.15, -0.1) is 0 Å². The predicted octanol–water partition coefficient (Wildman–Crippen LogP) is 3.57. The van der Waals surface area contributed by atoms with Crippen molar-refractivity contribution in [1.29, 1.82) is 5.26 Å². The van der Waals surface area contributed by atoms with Crippen molar-refractivity contribution in [2.75, 3.05) is 17.2 Å². The van der Waals surface area contributed by atoms with Crippen LogP contribution in [0.5, 0.6) is 0 Å². The molecular weight excluding hydrogens is 416 g/mol. The maximum Gasteiger partial charge on any atom is 0.418 e. The van der Waals surface area contributed by atoms with Gasteiger partial charge >= 0.3 is 6.09 Å². The van der Waals surface area contributed by atoms with Crippen LogP contribution in [0.4, 0.5) is 22.2 Å². The van der Waals surface area contributed by atoms with E-state index in [2.05, 4.69) is 37.3 Å². The maximum atomic E-state index is 12.6. The van der Waals surface area contributed by atoms with E-state index in [9.17, 15) is 14.3 Å². The molecular formula is C21H26N6O3S. The predicted molar refractivity (Wildman–Crippen MR) is 121 cm³/mol. The molecule has 1 aromatic heterocycles. The van der Waals surface area contributed by atoms with Crippen molar-refractivity contribution in [3.05, 3.63) is 36.0 Å². The van der Waals surface area contributed by atoms with E-state index in [0.29, 0.717) is 34.0 Å². The fourth-order valence-electron chi connectivity index (χ4n) is 3.32. The van der Waals surface area contributed by atoms with Gasteiger partial charge in [-0.25, -0.2) is 18.7 Å². The van der Waals surface area contributed by atoms with Crippen LogP contribution in [0.25, 0.3) is 0 Å². The first kappa shape index (κ1) is 22.4. The summed E-state index contributed by atoms with van der Waals surface area (Å²) in [6, 6.07) is 8.98. The molecule has 31 heavy (non-hydrogen) atoms. The van der Waals surface area contributed by atoms with Crippen molar-refractivity contribution in [3.8, 4) is 6.07 Å². The first-order valence-corrected chi connectivity index (χ1v) is 11.9. The number of anilines is 3. The summed E-state index contributed by atoms with van der Waals surface area (Å²) in [4.78, 5) is 20.6. The fourth-order valence-corrected chi connectivity index (χ4v) is 4.34. The Balaban J connectivity index is 1.71. The molecule has 1 aromatic carbocycles. The number of amides is 1. The van der Waals surface area contributed by atoms with Crippen LogP contribution in [0.3, 0.4) is 0 Å². The number of ether oxygens (including phenoxy) is 1. The van der Waals surface area contributed by atoms with Gasteiger partial charge in [0.1, 0.15) is 17.5 Å². The zero-order valence-corrected chi connectivity index (χ0v) is 18.2. The molecule has 3 N–H and O–H groups in total. The molecule has 1 fully saturated rings. The zero-order valence-electron chi connectivity index (χ0n) is 17.4. The summed E-state index contributed by atoms with van der Waals surface area (Å²) in [6.45, 7) is 1.83. The minimum Gasteiger partial charge on any atom is -0.449 e. The molecule has 1 amide bonds. The highest BCUT2D eigenvalue weighted by molar-refractivity contribution is 7.99. The van der Waals surface area contributed by atoms with Crippen molar-refractivity contribution in [1.82, 2.24) is 14.7 Å². The molecule has 1 atom stereocenters. The lowest BCUT2D eigenvalue weighted by molar-refractivity contribution is 0.159. The first-order valence-electron chi connectivity index (χ1n) is 10.1. The zero-order chi connectivity index (χ0) is 22.3. The molecule has 3 rings (SSSR count). The smallest absolute Gasteiger partial charge is 0.418 e. The van der Waals surface area contributed by atoms with Crippen LogP contribution in [0.1, 0.15) is 44.6 Å². The van der Waals surface area contributed by atoms with Crippen molar-refractivity contribution in [2.45, 2.75) is 50.0 Å². The molecule has 10 heteroatoms. The third-order valence-electron chi connectivity index (χ3n) is 4.87. The van der Waals surface area contributed by atoms with E-state index in [1.54, 1.807) is 31.2 Å². The van der Waals surface area contributed by atoms with Crippen LogP contribution in [0.2, 0.25) is 0 Å². The number of rotatable bonds is 7. The summed E-state index contributed by atoms with van der Waals surface area (Å²) in [5.41, 5.74) is 1.05. The fraction of sp³-hybridized carbons (Fsp3) is 0.381. The Morgan fingerprint density at radius 3 is 2.65 bits per heavy atom. The second kappa shape index (κ2) is 10.1. The molecule has 0 aliphatic heterocycles. The van der Waals surface area contributed by atoms with Crippen LogP contribution in [-0.4, -0.2) is 38.8 Å². The number of hydrogen-bond acceptors (Lipinski definition) is 8. The molecule has 0 radical (unpaired) electrons. The summed E-state index contributed by atoms with van der Waals surface area (Å²) in [5, 5.41) is 15.8. The van der Waals surface area contributed by atoms with Gasteiger partial charge in [0.2, 0.25) is 5.95 Å². The number of hydrogen-bond donors (Lipinski definition) is 3. The Morgan fingerprint density at radius 1 is 1.29 bits per heavy atom. The van der Waals surface area contributed by atoms with Crippen molar-refractivity contribution >= 4 is 39.1 Å². The molecule has 2 aromatic rings. The Labute approximate surface area is 182 Å². The highest BCUT2D eigenvalue weighted by atomic mass is 32.2. The van der Waals surface area contributed by atoms with Crippen LogP contribution < -0.4 is 15.4 Å². The van der Waals surface area contributed by atoms with Gasteiger partial charge in [-0.05, 0) is 49.9 Å². The second-order valence-electron chi connectivity index (χ2n) is 7.19. The van der Waals surface area contributed by atoms with Crippen LogP contribution in [0, 0.1) is 11.3 Å². The van der Waals surface area contributed by atoms with Crippen molar-refractivity contribution in [3.63, 3.8) is 0 Å². The van der Waals surface area contributed by atoms with Crippen LogP contribution >= 0.6 is 0 Å². The highest BCUT2D eigenvalue weighted by Crippen LogP contribution is 2.24. The van der Waals surface area contributed by atoms with Gasteiger partial charge in [-0.1, -0.05) is 19.3 Å². The molecule has 0 bridgehead atoms. The normalized spacial score (nSPS) is 15.9. The molecule has 1 aliphatic rings. The Bertz CT molecular complexity index is 1060. The van der Waals surface area contributed by atoms with Gasteiger partial charge in [0.25, 0.3) is 0 Å². The number of aromatic nitrogens is 2. The topological polar surface area (TPSA) is 129 Å². The number of nitriles is 1. The van der Waals surface area contributed by atoms with Gasteiger partial charge in [-0.2, -0.15) is 10.2 Å². The Kier molecular flexibility index (Phi) is 7.31. The standard InChI is InChI=1S/C21H26N6O3S/c1-3-30-21(28)27-31(2,29)18-11-9-17(10-12-18)25-20-23-14-15(13-22)19(26-20)24-16-7-5-4-6-8-16/h9-12,14,16H,2-8H2,1H3,(H,27,28,29)(H2,23,24,25,26). The van der Waals surface area contributed by atoms with E-state index in [1.807, 2.05) is 0 Å². The SMILES string of the molecule is C=S(=O)(NC(=O)OCC)c1ccc(Nc2ncc(C#N)c(NC3CCCCC3)n2)cc1. The van der Waals surface area contributed by atoms with Gasteiger partial charge in [0.05, 0.1) is 22.5 Å². The lowest BCUT2D eigenvalue weighted by Gasteiger charge is -2.23. The summed E-state index contributed by atoms with van der Waals surface area (Å²) in [5.74, 6) is 4.45. The van der Waals surface area contributed by atoms with E-state index in [1.165, 1.54) is 25.5 Å². The molecule has 1 saturated carbocycles. The van der Waals surface area contributed by atoms with Gasteiger partial charge < -0.3 is 15.4 Å². The molecule has 1 heterocycles. The van der Waals surface area contributed by atoms with Gasteiger partial charge in [0, 0.05) is 16.6 Å². The van der Waals surface area contributed by atoms with Crippen molar-refractivity contribution in [2.24, 2.45) is 0 Å². The van der Waals surface area contributed by atoms with Gasteiger partial charge in [0.15, 0.2) is 0 Å². The van der Waals surface area contributed by atoms with Crippen molar-refractivity contribution < 1.29 is 13.7 Å². The summed E-state index contributed by atoms with van der Waals surface area (Å²) in [7, 11) is -3.03. The summed E-state index contributed by atoms with van der Waals surface area (Å²) >= 11 is 0. The molecule has 164 valence electrons.